The molecule has 8 nitrogen and oxygen atoms in total. The second kappa shape index (κ2) is 8.81. The van der Waals surface area contributed by atoms with Crippen LogP contribution in [-0.4, -0.2) is 44.2 Å². The minimum Gasteiger partial charge on any atom is -0.484 e. The number of amides is 2. The summed E-state index contributed by atoms with van der Waals surface area (Å²) in [6.07, 6.45) is 1.61. The molecule has 2 amide bonds. The van der Waals surface area contributed by atoms with E-state index in [1.165, 1.54) is 34.6 Å². The van der Waals surface area contributed by atoms with Crippen molar-refractivity contribution in [2.45, 2.75) is 17.7 Å². The standard InChI is InChI=1S/C19H20ClN3O5S/c20-16-7-6-14(11-17(16)29(26,27)23-8-1-2-9-23)22-18(24)12-28-15-5-3-4-13(10-15)19(21)25/h3-7,10-11H,1-2,8-9,12H2,(H2,21,25)(H,22,24). The summed E-state index contributed by atoms with van der Waals surface area (Å²) in [4.78, 5) is 23.3. The molecule has 0 atom stereocenters. The molecular weight excluding hydrogens is 418 g/mol. The lowest BCUT2D eigenvalue weighted by Crippen LogP contribution is -2.28. The molecule has 1 heterocycles. The van der Waals surface area contributed by atoms with Crippen LogP contribution in [0.3, 0.4) is 0 Å². The van der Waals surface area contributed by atoms with Crippen LogP contribution in [0.1, 0.15) is 23.2 Å². The Morgan fingerprint density at radius 1 is 1.14 bits per heavy atom. The Morgan fingerprint density at radius 3 is 2.55 bits per heavy atom. The highest BCUT2D eigenvalue weighted by Crippen LogP contribution is 2.29. The van der Waals surface area contributed by atoms with Gasteiger partial charge in [0, 0.05) is 24.3 Å². The number of nitrogens with one attached hydrogen (secondary N) is 1. The van der Waals surface area contributed by atoms with Crippen molar-refractivity contribution < 1.29 is 22.7 Å². The second-order valence-electron chi connectivity index (χ2n) is 6.49. The SMILES string of the molecule is NC(=O)c1cccc(OCC(=O)Nc2ccc(Cl)c(S(=O)(=O)N3CCCC3)c2)c1. The summed E-state index contributed by atoms with van der Waals surface area (Å²) >= 11 is 6.10. The summed E-state index contributed by atoms with van der Waals surface area (Å²) in [5, 5.41) is 2.67. The fourth-order valence-electron chi connectivity index (χ4n) is 2.93. The molecule has 0 saturated carbocycles. The van der Waals surface area contributed by atoms with Gasteiger partial charge in [0.15, 0.2) is 6.61 Å². The number of benzene rings is 2. The van der Waals surface area contributed by atoms with Crippen molar-refractivity contribution in [1.82, 2.24) is 4.31 Å². The molecule has 0 aromatic heterocycles. The Bertz CT molecular complexity index is 1040. The van der Waals surface area contributed by atoms with Crippen LogP contribution in [0.2, 0.25) is 5.02 Å². The van der Waals surface area contributed by atoms with Gasteiger partial charge >= 0.3 is 0 Å². The van der Waals surface area contributed by atoms with Gasteiger partial charge in [-0.15, -0.1) is 0 Å². The Balaban J connectivity index is 1.68. The minimum atomic E-state index is -3.72. The largest absolute Gasteiger partial charge is 0.484 e. The van der Waals surface area contributed by atoms with Crippen molar-refractivity contribution in [2.24, 2.45) is 5.73 Å². The summed E-state index contributed by atoms with van der Waals surface area (Å²) in [6, 6.07) is 10.4. The Hall–Kier alpha value is -2.62. The lowest BCUT2D eigenvalue weighted by atomic mass is 10.2. The first-order valence-corrected chi connectivity index (χ1v) is 10.7. The number of hydrogen-bond acceptors (Lipinski definition) is 5. The van der Waals surface area contributed by atoms with E-state index in [2.05, 4.69) is 5.32 Å². The highest BCUT2D eigenvalue weighted by molar-refractivity contribution is 7.89. The molecule has 154 valence electrons. The van der Waals surface area contributed by atoms with Gasteiger partial charge in [-0.1, -0.05) is 17.7 Å². The number of carbonyl (C=O) groups is 2. The van der Waals surface area contributed by atoms with E-state index in [0.29, 0.717) is 18.8 Å². The maximum atomic E-state index is 12.8. The van der Waals surface area contributed by atoms with Gasteiger partial charge in [0.2, 0.25) is 15.9 Å². The van der Waals surface area contributed by atoms with Crippen LogP contribution in [0.25, 0.3) is 0 Å². The lowest BCUT2D eigenvalue weighted by Gasteiger charge is -2.17. The van der Waals surface area contributed by atoms with E-state index < -0.39 is 21.8 Å². The Morgan fingerprint density at radius 2 is 1.86 bits per heavy atom. The number of nitrogens with zero attached hydrogens (tertiary/aromatic N) is 1. The second-order valence-corrected chi connectivity index (χ2v) is 8.80. The van der Waals surface area contributed by atoms with Crippen molar-refractivity contribution in [3.05, 3.63) is 53.1 Å². The highest BCUT2D eigenvalue weighted by Gasteiger charge is 2.29. The van der Waals surface area contributed by atoms with Gasteiger partial charge < -0.3 is 15.8 Å². The van der Waals surface area contributed by atoms with Gasteiger partial charge in [0.25, 0.3) is 5.91 Å². The number of anilines is 1. The maximum Gasteiger partial charge on any atom is 0.262 e. The summed E-state index contributed by atoms with van der Waals surface area (Å²) in [5.41, 5.74) is 5.76. The van der Waals surface area contributed by atoms with Crippen LogP contribution < -0.4 is 15.8 Å². The zero-order chi connectivity index (χ0) is 21.0. The number of ether oxygens (including phenoxy) is 1. The molecule has 29 heavy (non-hydrogen) atoms. The molecule has 1 aliphatic rings. The quantitative estimate of drug-likeness (QED) is 0.688. The van der Waals surface area contributed by atoms with Gasteiger partial charge in [-0.05, 0) is 49.2 Å². The van der Waals surface area contributed by atoms with E-state index in [4.69, 9.17) is 22.1 Å². The predicted molar refractivity (Wildman–Crippen MR) is 109 cm³/mol. The fourth-order valence-corrected chi connectivity index (χ4v) is 4.95. The Labute approximate surface area is 173 Å². The first kappa shape index (κ1) is 21.1. The summed E-state index contributed by atoms with van der Waals surface area (Å²) in [6.45, 7) is 0.569. The van der Waals surface area contributed by atoms with Gasteiger partial charge in [-0.25, -0.2) is 8.42 Å². The van der Waals surface area contributed by atoms with Crippen LogP contribution in [-0.2, 0) is 14.8 Å². The normalized spacial score (nSPS) is 14.5. The van der Waals surface area contributed by atoms with Crippen molar-refractivity contribution in [1.29, 1.82) is 0 Å². The molecule has 0 aliphatic carbocycles. The monoisotopic (exact) mass is 437 g/mol. The number of primary amides is 1. The van der Waals surface area contributed by atoms with E-state index in [9.17, 15) is 18.0 Å². The zero-order valence-corrected chi connectivity index (χ0v) is 17.0. The average molecular weight is 438 g/mol. The number of halogens is 1. The zero-order valence-electron chi connectivity index (χ0n) is 15.4. The molecule has 0 unspecified atom stereocenters. The maximum absolute atomic E-state index is 12.8. The molecule has 2 aromatic rings. The molecule has 2 aromatic carbocycles. The van der Waals surface area contributed by atoms with Crippen molar-refractivity contribution in [2.75, 3.05) is 25.0 Å². The van der Waals surface area contributed by atoms with E-state index in [0.717, 1.165) is 12.8 Å². The van der Waals surface area contributed by atoms with Gasteiger partial charge in [-0.3, -0.25) is 9.59 Å². The van der Waals surface area contributed by atoms with E-state index in [1.54, 1.807) is 12.1 Å². The summed E-state index contributed by atoms with van der Waals surface area (Å²) in [7, 11) is -3.72. The third-order valence-corrected chi connectivity index (χ3v) is 6.77. The summed E-state index contributed by atoms with van der Waals surface area (Å²) < 4.78 is 32.3. The van der Waals surface area contributed by atoms with Crippen molar-refractivity contribution in [3.63, 3.8) is 0 Å². The van der Waals surface area contributed by atoms with Crippen LogP contribution in [0.5, 0.6) is 5.75 Å². The molecule has 3 N–H and O–H groups in total. The topological polar surface area (TPSA) is 119 Å². The Kier molecular flexibility index (Phi) is 6.41. The van der Waals surface area contributed by atoms with Gasteiger partial charge in [0.1, 0.15) is 10.6 Å². The van der Waals surface area contributed by atoms with E-state index in [1.807, 2.05) is 0 Å². The minimum absolute atomic E-state index is 0.0473. The number of nitrogens with two attached hydrogens (primary N) is 1. The predicted octanol–water partition coefficient (Wildman–Crippen LogP) is 2.24. The third-order valence-electron chi connectivity index (χ3n) is 4.39. The number of carbonyl (C=O) groups excluding carboxylic acids is 2. The molecule has 1 aliphatic heterocycles. The average Bonchev–Trinajstić information content (AvgIpc) is 3.24. The lowest BCUT2D eigenvalue weighted by molar-refractivity contribution is -0.118. The molecule has 1 fully saturated rings. The molecule has 0 spiro atoms. The molecule has 3 rings (SSSR count). The summed E-state index contributed by atoms with van der Waals surface area (Å²) in [5.74, 6) is -0.793. The smallest absolute Gasteiger partial charge is 0.262 e. The third kappa shape index (κ3) is 5.06. The van der Waals surface area contributed by atoms with Crippen LogP contribution >= 0.6 is 11.6 Å². The van der Waals surface area contributed by atoms with Crippen LogP contribution in [0, 0.1) is 0 Å². The highest BCUT2D eigenvalue weighted by atomic mass is 35.5. The van der Waals surface area contributed by atoms with Crippen LogP contribution in [0.15, 0.2) is 47.4 Å². The number of rotatable bonds is 7. The fraction of sp³-hybridized carbons (Fsp3) is 0.263. The van der Waals surface area contributed by atoms with Gasteiger partial charge in [-0.2, -0.15) is 4.31 Å². The first-order valence-electron chi connectivity index (χ1n) is 8.89. The number of sulfonamides is 1. The van der Waals surface area contributed by atoms with E-state index >= 15 is 0 Å². The molecule has 1 saturated heterocycles. The van der Waals surface area contributed by atoms with E-state index in [-0.39, 0.29) is 27.8 Å². The molecular formula is C19H20ClN3O5S. The van der Waals surface area contributed by atoms with Gasteiger partial charge in [0.05, 0.1) is 5.02 Å². The van der Waals surface area contributed by atoms with Crippen molar-refractivity contribution in [3.8, 4) is 5.75 Å². The van der Waals surface area contributed by atoms with Crippen molar-refractivity contribution >= 4 is 39.1 Å². The first-order chi connectivity index (χ1) is 13.8. The number of hydrogen-bond donors (Lipinski definition) is 2. The molecule has 10 heteroatoms. The van der Waals surface area contributed by atoms with Crippen LogP contribution in [0.4, 0.5) is 5.69 Å². The molecule has 0 radical (unpaired) electrons. The molecule has 0 bridgehead atoms.